The molecule has 0 bridgehead atoms. The molecule has 0 aliphatic carbocycles. The summed E-state index contributed by atoms with van der Waals surface area (Å²) in [6.45, 7) is 9.06. The van der Waals surface area contributed by atoms with E-state index >= 15 is 0 Å². The molecule has 0 spiro atoms. The minimum atomic E-state index is -0.493. The van der Waals surface area contributed by atoms with Crippen LogP contribution in [-0.4, -0.2) is 52.1 Å². The van der Waals surface area contributed by atoms with Gasteiger partial charge in [-0.25, -0.2) is 4.79 Å². The number of furan rings is 1. The molecule has 3 rings (SSSR count). The van der Waals surface area contributed by atoms with Gasteiger partial charge in [0.15, 0.2) is 5.16 Å². The second-order valence-corrected chi connectivity index (χ2v) is 8.44. The van der Waals surface area contributed by atoms with Crippen LogP contribution in [0, 0.1) is 11.8 Å². The lowest BCUT2D eigenvalue weighted by Crippen LogP contribution is -2.40. The van der Waals surface area contributed by atoms with Gasteiger partial charge in [-0.3, -0.25) is 14.7 Å². The van der Waals surface area contributed by atoms with Crippen molar-refractivity contribution in [2.45, 2.75) is 38.9 Å². The van der Waals surface area contributed by atoms with E-state index in [1.807, 2.05) is 16.7 Å². The van der Waals surface area contributed by atoms with Crippen LogP contribution in [0.25, 0.3) is 0 Å². The highest BCUT2D eigenvalue weighted by atomic mass is 32.2. The molecule has 2 N–H and O–H groups in total. The van der Waals surface area contributed by atoms with E-state index in [4.69, 9.17) is 4.42 Å². The van der Waals surface area contributed by atoms with Crippen molar-refractivity contribution in [3.05, 3.63) is 24.2 Å². The first-order valence-corrected chi connectivity index (χ1v) is 10.9. The molecule has 0 unspecified atom stereocenters. The highest BCUT2D eigenvalue weighted by Gasteiger charge is 2.27. The van der Waals surface area contributed by atoms with Gasteiger partial charge in [0, 0.05) is 19.6 Å². The molecule has 9 nitrogen and oxygen atoms in total. The molecule has 0 aromatic carbocycles. The normalized spacial score (nSPS) is 19.2. The first-order chi connectivity index (χ1) is 14.0. The van der Waals surface area contributed by atoms with Gasteiger partial charge < -0.3 is 14.6 Å². The number of aromatic nitrogens is 3. The number of anilines is 1. The van der Waals surface area contributed by atoms with E-state index in [1.165, 1.54) is 18.2 Å². The molecule has 29 heavy (non-hydrogen) atoms. The van der Waals surface area contributed by atoms with E-state index in [9.17, 15) is 9.59 Å². The van der Waals surface area contributed by atoms with Crippen LogP contribution in [0.15, 0.2) is 28.0 Å². The second-order valence-electron chi connectivity index (χ2n) is 7.50. The van der Waals surface area contributed by atoms with E-state index in [-0.39, 0.29) is 11.7 Å². The molecule has 0 saturated carbocycles. The van der Waals surface area contributed by atoms with Crippen LogP contribution < -0.4 is 15.5 Å². The van der Waals surface area contributed by atoms with Crippen LogP contribution in [-0.2, 0) is 11.3 Å². The molecule has 2 aromatic rings. The monoisotopic (exact) mass is 420 g/mol. The molecule has 0 radical (unpaired) electrons. The summed E-state index contributed by atoms with van der Waals surface area (Å²) < 4.78 is 7.49. The summed E-state index contributed by atoms with van der Waals surface area (Å²) in [6, 6.07) is 3.26. The Morgan fingerprint density at radius 3 is 2.69 bits per heavy atom. The topological polar surface area (TPSA) is 105 Å². The fraction of sp³-hybridized carbons (Fsp3) is 0.579. The van der Waals surface area contributed by atoms with E-state index in [0.717, 1.165) is 24.8 Å². The number of thioether (sulfide) groups is 1. The number of urea groups is 1. The molecule has 158 valence electrons. The number of hydrogen-bond donors (Lipinski definition) is 2. The molecule has 3 heterocycles. The summed E-state index contributed by atoms with van der Waals surface area (Å²) in [5.41, 5.74) is 0. The first kappa shape index (κ1) is 21.2. The molecular formula is C19H28N6O3S. The number of carbonyl (C=O) groups is 2. The predicted molar refractivity (Wildman–Crippen MR) is 111 cm³/mol. The summed E-state index contributed by atoms with van der Waals surface area (Å²) in [4.78, 5) is 25.8. The van der Waals surface area contributed by atoms with Gasteiger partial charge in [0.2, 0.25) is 11.9 Å². The van der Waals surface area contributed by atoms with Gasteiger partial charge in [0.05, 0.1) is 18.6 Å². The van der Waals surface area contributed by atoms with Crippen LogP contribution >= 0.6 is 11.8 Å². The second kappa shape index (κ2) is 9.82. The van der Waals surface area contributed by atoms with Crippen molar-refractivity contribution in [2.75, 3.05) is 30.3 Å². The molecular weight excluding hydrogens is 392 g/mol. The van der Waals surface area contributed by atoms with Crippen LogP contribution in [0.4, 0.5) is 10.7 Å². The SMILES string of the molecule is CCNC(=O)NC(=O)CSc1nnc(N2C[C@H](C)C[C@H](C)C2)n1Cc1ccco1. The maximum atomic E-state index is 12.0. The van der Waals surface area contributed by atoms with Gasteiger partial charge in [-0.1, -0.05) is 25.6 Å². The van der Waals surface area contributed by atoms with Gasteiger partial charge in [-0.05, 0) is 37.3 Å². The van der Waals surface area contributed by atoms with Gasteiger partial charge in [0.25, 0.3) is 0 Å². The molecule has 10 heteroatoms. The molecule has 1 aliphatic rings. The third kappa shape index (κ3) is 5.75. The minimum Gasteiger partial charge on any atom is -0.467 e. The highest BCUT2D eigenvalue weighted by Crippen LogP contribution is 2.28. The summed E-state index contributed by atoms with van der Waals surface area (Å²) in [5, 5.41) is 14.2. The Morgan fingerprint density at radius 1 is 1.28 bits per heavy atom. The number of hydrogen-bond acceptors (Lipinski definition) is 7. The number of rotatable bonds is 7. The van der Waals surface area contributed by atoms with Gasteiger partial charge >= 0.3 is 6.03 Å². The fourth-order valence-corrected chi connectivity index (χ4v) is 4.38. The smallest absolute Gasteiger partial charge is 0.321 e. The van der Waals surface area contributed by atoms with Crippen molar-refractivity contribution in [1.82, 2.24) is 25.4 Å². The Kier molecular flexibility index (Phi) is 7.18. The zero-order valence-electron chi connectivity index (χ0n) is 17.1. The van der Waals surface area contributed by atoms with E-state index in [0.29, 0.717) is 30.1 Å². The maximum absolute atomic E-state index is 12.0. The van der Waals surface area contributed by atoms with Crippen molar-refractivity contribution in [2.24, 2.45) is 11.8 Å². The lowest BCUT2D eigenvalue weighted by molar-refractivity contribution is -0.117. The number of amides is 3. The summed E-state index contributed by atoms with van der Waals surface area (Å²) >= 11 is 1.25. The summed E-state index contributed by atoms with van der Waals surface area (Å²) in [7, 11) is 0. The van der Waals surface area contributed by atoms with Crippen molar-refractivity contribution in [3.8, 4) is 0 Å². The quantitative estimate of drug-likeness (QED) is 0.662. The number of piperidine rings is 1. The van der Waals surface area contributed by atoms with Crippen LogP contribution in [0.3, 0.4) is 0 Å². The van der Waals surface area contributed by atoms with Crippen LogP contribution in [0.1, 0.15) is 33.0 Å². The van der Waals surface area contributed by atoms with Gasteiger partial charge in [0.1, 0.15) is 5.76 Å². The van der Waals surface area contributed by atoms with Crippen molar-refractivity contribution >= 4 is 29.6 Å². The number of carbonyl (C=O) groups excluding carboxylic acids is 2. The molecule has 2 atom stereocenters. The van der Waals surface area contributed by atoms with Crippen molar-refractivity contribution in [1.29, 1.82) is 0 Å². The van der Waals surface area contributed by atoms with Crippen LogP contribution in [0.2, 0.25) is 0 Å². The average Bonchev–Trinajstić information content (AvgIpc) is 3.30. The Bertz CT molecular complexity index is 812. The fourth-order valence-electron chi connectivity index (χ4n) is 3.64. The maximum Gasteiger partial charge on any atom is 0.321 e. The Balaban J connectivity index is 1.75. The molecule has 1 aliphatic heterocycles. The van der Waals surface area contributed by atoms with Crippen LogP contribution in [0.5, 0.6) is 0 Å². The molecule has 1 saturated heterocycles. The Labute approximate surface area is 174 Å². The molecule has 1 fully saturated rings. The zero-order chi connectivity index (χ0) is 20.8. The molecule has 2 aromatic heterocycles. The predicted octanol–water partition coefficient (Wildman–Crippen LogP) is 2.34. The van der Waals surface area contributed by atoms with Crippen molar-refractivity contribution < 1.29 is 14.0 Å². The lowest BCUT2D eigenvalue weighted by atomic mass is 9.92. The highest BCUT2D eigenvalue weighted by molar-refractivity contribution is 7.99. The third-order valence-electron chi connectivity index (χ3n) is 4.67. The minimum absolute atomic E-state index is 0.0697. The summed E-state index contributed by atoms with van der Waals surface area (Å²) in [5.74, 6) is 2.41. The number of nitrogens with one attached hydrogen (secondary N) is 2. The van der Waals surface area contributed by atoms with Gasteiger partial charge in [-0.2, -0.15) is 0 Å². The standard InChI is InChI=1S/C19H28N6O3S/c1-4-20-17(27)21-16(26)12-29-19-23-22-18(24-9-13(2)8-14(3)10-24)25(19)11-15-6-5-7-28-15/h5-7,13-14H,4,8-12H2,1-3H3,(H2,20,21,26,27)/t13-,14+. The summed E-state index contributed by atoms with van der Waals surface area (Å²) in [6.07, 6.45) is 2.83. The van der Waals surface area contributed by atoms with E-state index in [1.54, 1.807) is 13.2 Å². The zero-order valence-corrected chi connectivity index (χ0v) is 17.9. The average molecular weight is 421 g/mol. The number of imide groups is 1. The van der Waals surface area contributed by atoms with E-state index in [2.05, 4.69) is 39.6 Å². The Hall–Kier alpha value is -2.49. The van der Waals surface area contributed by atoms with Gasteiger partial charge in [-0.15, -0.1) is 10.2 Å². The third-order valence-corrected chi connectivity index (χ3v) is 5.63. The van der Waals surface area contributed by atoms with Crippen molar-refractivity contribution in [3.63, 3.8) is 0 Å². The molecule has 3 amide bonds. The Morgan fingerprint density at radius 2 is 2.03 bits per heavy atom. The largest absolute Gasteiger partial charge is 0.467 e. The first-order valence-electron chi connectivity index (χ1n) is 9.87. The number of nitrogens with zero attached hydrogens (tertiary/aromatic N) is 4. The lowest BCUT2D eigenvalue weighted by Gasteiger charge is -2.35. The van der Waals surface area contributed by atoms with E-state index < -0.39 is 6.03 Å².